The Labute approximate surface area is 176 Å². The highest BCUT2D eigenvalue weighted by molar-refractivity contribution is 9.10. The number of nitrogens with zero attached hydrogens (tertiary/aromatic N) is 2. The van der Waals surface area contributed by atoms with Gasteiger partial charge in [0.15, 0.2) is 0 Å². The molecule has 0 amide bonds. The number of ether oxygens (including phenoxy) is 1. The van der Waals surface area contributed by atoms with Gasteiger partial charge in [0, 0.05) is 15.1 Å². The van der Waals surface area contributed by atoms with Crippen LogP contribution in [0.4, 0.5) is 0 Å². The maximum Gasteiger partial charge on any atom is 0.247 e. The van der Waals surface area contributed by atoms with Crippen LogP contribution in [0.2, 0.25) is 5.02 Å². The zero-order valence-corrected chi connectivity index (χ0v) is 17.2. The average molecular weight is 456 g/mol. The second-order valence-corrected chi connectivity index (χ2v) is 7.60. The lowest BCUT2D eigenvalue weighted by atomic mass is 10.1. The van der Waals surface area contributed by atoms with E-state index in [1.807, 2.05) is 72.8 Å². The normalized spacial score (nSPS) is 10.8. The Balaban J connectivity index is 1.44. The van der Waals surface area contributed by atoms with Crippen LogP contribution in [-0.4, -0.2) is 10.2 Å². The molecule has 1 aromatic heterocycles. The van der Waals surface area contributed by atoms with E-state index in [4.69, 9.17) is 20.8 Å². The highest BCUT2D eigenvalue weighted by Gasteiger charge is 2.10. The molecule has 0 atom stereocenters. The molecular weight excluding hydrogens is 440 g/mol. The van der Waals surface area contributed by atoms with E-state index >= 15 is 0 Å². The number of rotatable bonds is 6. The second-order valence-electron chi connectivity index (χ2n) is 6.25. The SMILES string of the molecule is Clc1ccc(Cc2nnc(-c3cccc(COc4ccc(Br)cc4)c3)o2)cc1. The van der Waals surface area contributed by atoms with Crippen LogP contribution in [0, 0.1) is 0 Å². The first kappa shape index (κ1) is 18.7. The minimum atomic E-state index is 0.460. The van der Waals surface area contributed by atoms with Crippen molar-refractivity contribution in [1.29, 1.82) is 0 Å². The topological polar surface area (TPSA) is 48.2 Å². The Bertz CT molecular complexity index is 1060. The smallest absolute Gasteiger partial charge is 0.247 e. The van der Waals surface area contributed by atoms with Crippen LogP contribution in [-0.2, 0) is 13.0 Å². The molecule has 4 aromatic rings. The second kappa shape index (κ2) is 8.59. The third-order valence-corrected chi connectivity index (χ3v) is 4.91. The van der Waals surface area contributed by atoms with Gasteiger partial charge in [-0.3, -0.25) is 0 Å². The molecule has 0 bridgehead atoms. The summed E-state index contributed by atoms with van der Waals surface area (Å²) in [5.74, 6) is 1.87. The summed E-state index contributed by atoms with van der Waals surface area (Å²) < 4.78 is 12.7. The van der Waals surface area contributed by atoms with Crippen molar-refractivity contribution in [1.82, 2.24) is 10.2 Å². The van der Waals surface area contributed by atoms with Crippen molar-refractivity contribution in [2.24, 2.45) is 0 Å². The third-order valence-electron chi connectivity index (χ3n) is 4.13. The Hall–Kier alpha value is -2.63. The molecule has 0 fully saturated rings. The summed E-state index contributed by atoms with van der Waals surface area (Å²) in [4.78, 5) is 0. The summed E-state index contributed by atoms with van der Waals surface area (Å²) >= 11 is 9.34. The first-order valence-corrected chi connectivity index (χ1v) is 9.87. The van der Waals surface area contributed by atoms with E-state index in [9.17, 15) is 0 Å². The van der Waals surface area contributed by atoms with E-state index in [1.165, 1.54) is 0 Å². The van der Waals surface area contributed by atoms with Crippen molar-refractivity contribution in [3.05, 3.63) is 99.3 Å². The van der Waals surface area contributed by atoms with Crippen LogP contribution >= 0.6 is 27.5 Å². The molecule has 0 aliphatic carbocycles. The monoisotopic (exact) mass is 454 g/mol. The Kier molecular flexibility index (Phi) is 5.74. The van der Waals surface area contributed by atoms with Gasteiger partial charge >= 0.3 is 0 Å². The molecule has 6 heteroatoms. The molecule has 3 aromatic carbocycles. The van der Waals surface area contributed by atoms with Crippen LogP contribution in [0.15, 0.2) is 81.7 Å². The van der Waals surface area contributed by atoms with E-state index in [-0.39, 0.29) is 0 Å². The zero-order chi connectivity index (χ0) is 19.3. The predicted octanol–water partition coefficient (Wildman–Crippen LogP) is 6.32. The van der Waals surface area contributed by atoms with Crippen LogP contribution in [0.3, 0.4) is 0 Å². The summed E-state index contributed by atoms with van der Waals surface area (Å²) in [6.45, 7) is 0.460. The minimum absolute atomic E-state index is 0.460. The molecule has 0 saturated carbocycles. The van der Waals surface area contributed by atoms with E-state index < -0.39 is 0 Å². The Morgan fingerprint density at radius 2 is 1.68 bits per heavy atom. The zero-order valence-electron chi connectivity index (χ0n) is 14.8. The maximum absolute atomic E-state index is 5.92. The van der Waals surface area contributed by atoms with Crippen LogP contribution in [0.1, 0.15) is 17.0 Å². The fourth-order valence-electron chi connectivity index (χ4n) is 2.71. The standard InChI is InChI=1S/C22H16BrClN2O2/c23-18-6-10-20(11-7-18)27-14-16-2-1-3-17(12-16)22-26-25-21(28-22)13-15-4-8-19(24)9-5-15/h1-12H,13-14H2. The van der Waals surface area contributed by atoms with Crippen molar-refractivity contribution in [2.45, 2.75) is 13.0 Å². The minimum Gasteiger partial charge on any atom is -0.489 e. The molecule has 1 heterocycles. The first-order valence-electron chi connectivity index (χ1n) is 8.70. The fourth-order valence-corrected chi connectivity index (χ4v) is 3.10. The summed E-state index contributed by atoms with van der Waals surface area (Å²) in [7, 11) is 0. The molecule has 0 N–H and O–H groups in total. The molecule has 0 saturated heterocycles. The van der Waals surface area contributed by atoms with E-state index in [1.54, 1.807) is 0 Å². The number of hydrogen-bond donors (Lipinski definition) is 0. The van der Waals surface area contributed by atoms with E-state index in [2.05, 4.69) is 26.1 Å². The number of aromatic nitrogens is 2. The van der Waals surface area contributed by atoms with Crippen molar-refractivity contribution < 1.29 is 9.15 Å². The number of benzene rings is 3. The summed E-state index contributed by atoms with van der Waals surface area (Å²) in [6, 6.07) is 23.3. The number of hydrogen-bond acceptors (Lipinski definition) is 4. The molecule has 4 rings (SSSR count). The van der Waals surface area contributed by atoms with Crippen molar-refractivity contribution >= 4 is 27.5 Å². The maximum atomic E-state index is 5.92. The lowest BCUT2D eigenvalue weighted by molar-refractivity contribution is 0.306. The van der Waals surface area contributed by atoms with Gasteiger partial charge in [-0.2, -0.15) is 0 Å². The largest absolute Gasteiger partial charge is 0.489 e. The van der Waals surface area contributed by atoms with E-state index in [0.29, 0.717) is 29.8 Å². The van der Waals surface area contributed by atoms with Crippen LogP contribution < -0.4 is 4.74 Å². The van der Waals surface area contributed by atoms with Gasteiger partial charge in [0.25, 0.3) is 0 Å². The fraction of sp³-hybridized carbons (Fsp3) is 0.0909. The molecule has 0 spiro atoms. The lowest BCUT2D eigenvalue weighted by Gasteiger charge is -2.07. The lowest BCUT2D eigenvalue weighted by Crippen LogP contribution is -1.95. The molecule has 28 heavy (non-hydrogen) atoms. The predicted molar refractivity (Wildman–Crippen MR) is 112 cm³/mol. The average Bonchev–Trinajstić information content (AvgIpc) is 3.18. The van der Waals surface area contributed by atoms with Crippen LogP contribution in [0.25, 0.3) is 11.5 Å². The quantitative estimate of drug-likeness (QED) is 0.341. The van der Waals surface area contributed by atoms with Gasteiger partial charge < -0.3 is 9.15 Å². The number of halogens is 2. The Morgan fingerprint density at radius 3 is 2.46 bits per heavy atom. The molecule has 0 unspecified atom stereocenters. The van der Waals surface area contributed by atoms with Crippen molar-refractivity contribution in [3.8, 4) is 17.2 Å². The van der Waals surface area contributed by atoms with Gasteiger partial charge in [-0.25, -0.2) is 0 Å². The highest BCUT2D eigenvalue weighted by atomic mass is 79.9. The third kappa shape index (κ3) is 4.80. The van der Waals surface area contributed by atoms with Crippen LogP contribution in [0.5, 0.6) is 5.75 Å². The van der Waals surface area contributed by atoms with Gasteiger partial charge in [0.2, 0.25) is 11.8 Å². The molecular formula is C22H16BrClN2O2. The van der Waals surface area contributed by atoms with E-state index in [0.717, 1.165) is 26.9 Å². The summed E-state index contributed by atoms with van der Waals surface area (Å²) in [5, 5.41) is 9.04. The molecule has 0 aliphatic heterocycles. The van der Waals surface area contributed by atoms with Crippen molar-refractivity contribution in [3.63, 3.8) is 0 Å². The molecule has 140 valence electrons. The Morgan fingerprint density at radius 1 is 0.893 bits per heavy atom. The highest BCUT2D eigenvalue weighted by Crippen LogP contribution is 2.22. The summed E-state index contributed by atoms with van der Waals surface area (Å²) in [6.07, 6.45) is 0.566. The van der Waals surface area contributed by atoms with Gasteiger partial charge in [0.05, 0.1) is 6.42 Å². The molecule has 0 radical (unpaired) electrons. The van der Waals surface area contributed by atoms with Gasteiger partial charge in [-0.15, -0.1) is 10.2 Å². The first-order chi connectivity index (χ1) is 13.7. The van der Waals surface area contributed by atoms with Gasteiger partial charge in [-0.1, -0.05) is 51.8 Å². The van der Waals surface area contributed by atoms with Crippen molar-refractivity contribution in [2.75, 3.05) is 0 Å². The summed E-state index contributed by atoms with van der Waals surface area (Å²) in [5.41, 5.74) is 2.96. The molecule has 0 aliphatic rings. The molecule has 4 nitrogen and oxygen atoms in total. The van der Waals surface area contributed by atoms with Gasteiger partial charge in [-0.05, 0) is 59.7 Å². The van der Waals surface area contributed by atoms with Gasteiger partial charge in [0.1, 0.15) is 12.4 Å².